The summed E-state index contributed by atoms with van der Waals surface area (Å²) in [4.78, 5) is 59.5. The van der Waals surface area contributed by atoms with Crippen molar-refractivity contribution in [2.24, 2.45) is 0 Å². The van der Waals surface area contributed by atoms with E-state index in [1.165, 1.54) is 0 Å². The molecule has 0 aliphatic carbocycles. The number of hydrogen-bond donors (Lipinski definition) is 3. The van der Waals surface area contributed by atoms with Crippen LogP contribution >= 0.6 is 0 Å². The SMILES string of the molecule is COC(=O)C(CCC(=O)NCC(=O)OCc1ccccc1)NC(=O)CCNC(=O)OC(C)(C)C. The second-order valence-electron chi connectivity index (χ2n) is 8.28. The molecule has 11 nitrogen and oxygen atoms in total. The van der Waals surface area contributed by atoms with Gasteiger partial charge in [0.1, 0.15) is 24.8 Å². The fourth-order valence-electron chi connectivity index (χ4n) is 2.57. The smallest absolute Gasteiger partial charge is 0.407 e. The first-order valence-corrected chi connectivity index (χ1v) is 10.8. The molecule has 1 aromatic rings. The number of methoxy groups -OCH3 is 1. The molecule has 0 heterocycles. The van der Waals surface area contributed by atoms with Crippen LogP contribution in [0.15, 0.2) is 30.3 Å². The van der Waals surface area contributed by atoms with Crippen molar-refractivity contribution in [1.29, 1.82) is 0 Å². The second kappa shape index (κ2) is 14.5. The number of carbonyl (C=O) groups is 5. The van der Waals surface area contributed by atoms with E-state index < -0.39 is 41.5 Å². The average Bonchev–Trinajstić information content (AvgIpc) is 2.77. The van der Waals surface area contributed by atoms with Gasteiger partial charge in [-0.3, -0.25) is 14.4 Å². The van der Waals surface area contributed by atoms with Crippen molar-refractivity contribution in [2.75, 3.05) is 20.2 Å². The molecule has 0 aliphatic heterocycles. The maximum Gasteiger partial charge on any atom is 0.407 e. The van der Waals surface area contributed by atoms with Crippen molar-refractivity contribution in [3.8, 4) is 0 Å². The normalized spacial score (nSPS) is 11.5. The van der Waals surface area contributed by atoms with Gasteiger partial charge in [-0.05, 0) is 32.8 Å². The van der Waals surface area contributed by atoms with E-state index in [0.717, 1.165) is 12.7 Å². The maximum atomic E-state index is 12.1. The minimum absolute atomic E-state index is 0.000217. The van der Waals surface area contributed by atoms with E-state index in [9.17, 15) is 24.0 Å². The predicted molar refractivity (Wildman–Crippen MR) is 121 cm³/mol. The Morgan fingerprint density at radius 3 is 2.24 bits per heavy atom. The lowest BCUT2D eigenvalue weighted by Crippen LogP contribution is -2.43. The number of nitrogens with one attached hydrogen (secondary N) is 3. The first-order chi connectivity index (χ1) is 16.0. The van der Waals surface area contributed by atoms with E-state index >= 15 is 0 Å². The van der Waals surface area contributed by atoms with Crippen LogP contribution in [0.3, 0.4) is 0 Å². The molecule has 0 fully saturated rings. The Morgan fingerprint density at radius 2 is 1.62 bits per heavy atom. The summed E-state index contributed by atoms with van der Waals surface area (Å²) in [5.74, 6) is -2.33. The van der Waals surface area contributed by atoms with Gasteiger partial charge in [-0.2, -0.15) is 0 Å². The van der Waals surface area contributed by atoms with Crippen LogP contribution in [-0.4, -0.2) is 61.7 Å². The molecule has 1 aromatic carbocycles. The molecule has 0 radical (unpaired) electrons. The third kappa shape index (κ3) is 13.0. The van der Waals surface area contributed by atoms with Crippen LogP contribution < -0.4 is 16.0 Å². The number of benzene rings is 1. The summed E-state index contributed by atoms with van der Waals surface area (Å²) in [5, 5.41) is 7.32. The van der Waals surface area contributed by atoms with Crippen LogP contribution in [-0.2, 0) is 40.0 Å². The second-order valence-corrected chi connectivity index (χ2v) is 8.28. The molecule has 0 saturated heterocycles. The summed E-state index contributed by atoms with van der Waals surface area (Å²) in [6.45, 7) is 4.91. The fourth-order valence-corrected chi connectivity index (χ4v) is 2.57. The molecule has 3 N–H and O–H groups in total. The van der Waals surface area contributed by atoms with E-state index in [2.05, 4.69) is 20.7 Å². The van der Waals surface area contributed by atoms with Crippen molar-refractivity contribution in [1.82, 2.24) is 16.0 Å². The van der Waals surface area contributed by atoms with Gasteiger partial charge in [0.25, 0.3) is 0 Å². The number of rotatable bonds is 12. The minimum Gasteiger partial charge on any atom is -0.467 e. The molecular formula is C23H33N3O8. The van der Waals surface area contributed by atoms with Crippen molar-refractivity contribution in [3.63, 3.8) is 0 Å². The first kappa shape index (κ1) is 28.4. The summed E-state index contributed by atoms with van der Waals surface area (Å²) in [6.07, 6.45) is -0.944. The zero-order valence-corrected chi connectivity index (χ0v) is 20.0. The van der Waals surface area contributed by atoms with Gasteiger partial charge in [0.05, 0.1) is 7.11 Å². The van der Waals surface area contributed by atoms with E-state index in [0.29, 0.717) is 0 Å². The minimum atomic E-state index is -1.06. The number of ether oxygens (including phenoxy) is 3. The van der Waals surface area contributed by atoms with E-state index in [1.807, 2.05) is 18.2 Å². The molecule has 0 aromatic heterocycles. The Kier molecular flexibility index (Phi) is 12.1. The predicted octanol–water partition coefficient (Wildman–Crippen LogP) is 1.20. The molecule has 0 spiro atoms. The zero-order valence-electron chi connectivity index (χ0n) is 20.0. The largest absolute Gasteiger partial charge is 0.467 e. The van der Waals surface area contributed by atoms with E-state index in [-0.39, 0.29) is 39.0 Å². The lowest BCUT2D eigenvalue weighted by Gasteiger charge is -2.20. The Bertz CT molecular complexity index is 836. The monoisotopic (exact) mass is 479 g/mol. The Hall–Kier alpha value is -3.63. The first-order valence-electron chi connectivity index (χ1n) is 10.8. The van der Waals surface area contributed by atoms with Gasteiger partial charge in [0.2, 0.25) is 11.8 Å². The zero-order chi connectivity index (χ0) is 25.6. The van der Waals surface area contributed by atoms with Crippen LogP contribution in [0.2, 0.25) is 0 Å². The van der Waals surface area contributed by atoms with Crippen LogP contribution in [0, 0.1) is 0 Å². The van der Waals surface area contributed by atoms with Crippen molar-refractivity contribution in [3.05, 3.63) is 35.9 Å². The van der Waals surface area contributed by atoms with Crippen LogP contribution in [0.5, 0.6) is 0 Å². The number of carbonyl (C=O) groups excluding carboxylic acids is 5. The Labute approximate surface area is 198 Å². The molecule has 0 bridgehead atoms. The fraction of sp³-hybridized carbons (Fsp3) is 0.522. The standard InChI is InChI=1S/C23H33N3O8/c1-23(2,3)34-22(31)24-13-12-19(28)26-17(21(30)32-4)10-11-18(27)25-14-20(29)33-15-16-8-6-5-7-9-16/h5-9,17H,10-15H2,1-4H3,(H,24,31)(H,25,27)(H,26,28). The van der Waals surface area contributed by atoms with Crippen molar-refractivity contribution >= 4 is 29.8 Å². The van der Waals surface area contributed by atoms with E-state index in [1.54, 1.807) is 32.9 Å². The average molecular weight is 480 g/mol. The molecule has 1 atom stereocenters. The van der Waals surface area contributed by atoms with Crippen molar-refractivity contribution < 1.29 is 38.2 Å². The lowest BCUT2D eigenvalue weighted by molar-refractivity contribution is -0.146. The van der Waals surface area contributed by atoms with Crippen LogP contribution in [0.4, 0.5) is 4.79 Å². The highest BCUT2D eigenvalue weighted by Crippen LogP contribution is 2.06. The summed E-state index contributed by atoms with van der Waals surface area (Å²) in [7, 11) is 1.16. The Morgan fingerprint density at radius 1 is 0.941 bits per heavy atom. The summed E-state index contributed by atoms with van der Waals surface area (Å²) >= 11 is 0. The summed E-state index contributed by atoms with van der Waals surface area (Å²) < 4.78 is 14.8. The van der Waals surface area contributed by atoms with Crippen LogP contribution in [0.1, 0.15) is 45.6 Å². The molecule has 0 saturated carbocycles. The number of amides is 3. The number of esters is 2. The lowest BCUT2D eigenvalue weighted by atomic mass is 10.1. The molecule has 11 heteroatoms. The van der Waals surface area contributed by atoms with Gasteiger partial charge >= 0.3 is 18.0 Å². The molecule has 0 aliphatic rings. The molecule has 3 amide bonds. The highest BCUT2D eigenvalue weighted by molar-refractivity contribution is 5.86. The maximum absolute atomic E-state index is 12.1. The molecule has 188 valence electrons. The highest BCUT2D eigenvalue weighted by Gasteiger charge is 2.23. The number of alkyl carbamates (subject to hydrolysis) is 1. The van der Waals surface area contributed by atoms with Crippen LogP contribution in [0.25, 0.3) is 0 Å². The van der Waals surface area contributed by atoms with Gasteiger partial charge < -0.3 is 30.2 Å². The van der Waals surface area contributed by atoms with Gasteiger partial charge in [0, 0.05) is 19.4 Å². The molecule has 1 rings (SSSR count). The Balaban J connectivity index is 2.35. The molecule has 34 heavy (non-hydrogen) atoms. The van der Waals surface area contributed by atoms with Crippen molar-refractivity contribution in [2.45, 2.75) is 58.3 Å². The summed E-state index contributed by atoms with van der Waals surface area (Å²) in [6, 6.07) is 8.03. The number of hydrogen-bond acceptors (Lipinski definition) is 8. The molecule has 1 unspecified atom stereocenters. The summed E-state index contributed by atoms with van der Waals surface area (Å²) in [5.41, 5.74) is 0.154. The van der Waals surface area contributed by atoms with Gasteiger partial charge in [0.15, 0.2) is 0 Å². The van der Waals surface area contributed by atoms with E-state index in [4.69, 9.17) is 9.47 Å². The third-order valence-corrected chi connectivity index (χ3v) is 4.17. The van der Waals surface area contributed by atoms with Gasteiger partial charge in [-0.15, -0.1) is 0 Å². The molecular weight excluding hydrogens is 446 g/mol. The van der Waals surface area contributed by atoms with Gasteiger partial charge in [-0.1, -0.05) is 30.3 Å². The quantitative estimate of drug-likeness (QED) is 0.299. The topological polar surface area (TPSA) is 149 Å². The van der Waals surface area contributed by atoms with Gasteiger partial charge in [-0.25, -0.2) is 9.59 Å². The highest BCUT2D eigenvalue weighted by atomic mass is 16.6. The third-order valence-electron chi connectivity index (χ3n) is 4.17.